The van der Waals surface area contributed by atoms with E-state index < -0.39 is 0 Å². The van der Waals surface area contributed by atoms with Gasteiger partial charge in [0.1, 0.15) is 0 Å². The third-order valence-corrected chi connectivity index (χ3v) is 3.75. The smallest absolute Gasteiger partial charge is 0.0991 e. The number of nitrogens with zero attached hydrogens (tertiary/aromatic N) is 3. The Morgan fingerprint density at radius 3 is 2.76 bits per heavy atom. The number of aliphatic hydroxyl groups excluding tert-OH is 1. The Morgan fingerprint density at radius 2 is 2.10 bits per heavy atom. The first-order valence-electron chi connectivity index (χ1n) is 7.30. The van der Waals surface area contributed by atoms with Gasteiger partial charge in [-0.05, 0) is 24.6 Å². The number of hydrogen-bond donors (Lipinski definition) is 1. The van der Waals surface area contributed by atoms with E-state index in [2.05, 4.69) is 41.1 Å². The minimum atomic E-state index is -0.0704. The predicted molar refractivity (Wildman–Crippen MR) is 80.3 cm³/mol. The molecule has 0 spiro atoms. The molecule has 3 rings (SSSR count). The number of ether oxygens (including phenoxy) is 1. The molecule has 0 saturated carbocycles. The molecule has 1 aromatic carbocycles. The van der Waals surface area contributed by atoms with Crippen LogP contribution in [-0.4, -0.2) is 51.5 Å². The van der Waals surface area contributed by atoms with Gasteiger partial charge < -0.3 is 14.4 Å². The number of aliphatic hydroxyl groups is 1. The number of rotatable bonds is 4. The highest BCUT2D eigenvalue weighted by Gasteiger charge is 2.24. The first kappa shape index (κ1) is 14.3. The average molecular weight is 287 g/mol. The molecule has 5 nitrogen and oxygen atoms in total. The molecule has 1 aromatic heterocycles. The highest BCUT2D eigenvalue weighted by Crippen LogP contribution is 2.16. The van der Waals surface area contributed by atoms with E-state index in [0.29, 0.717) is 0 Å². The molecule has 2 atom stereocenters. The van der Waals surface area contributed by atoms with Gasteiger partial charge in [-0.1, -0.05) is 12.1 Å². The van der Waals surface area contributed by atoms with Gasteiger partial charge in [-0.2, -0.15) is 0 Å². The van der Waals surface area contributed by atoms with Crippen LogP contribution in [0, 0.1) is 0 Å². The minimum absolute atomic E-state index is 0.0704. The maximum absolute atomic E-state index is 9.27. The second-order valence-corrected chi connectivity index (χ2v) is 5.58. The highest BCUT2D eigenvalue weighted by atomic mass is 16.5. The summed E-state index contributed by atoms with van der Waals surface area (Å²) in [5.41, 5.74) is 2.38. The summed E-state index contributed by atoms with van der Waals surface area (Å²) < 4.78 is 7.66. The Hall–Kier alpha value is -1.69. The monoisotopic (exact) mass is 287 g/mol. The van der Waals surface area contributed by atoms with Gasteiger partial charge in [-0.3, -0.25) is 4.90 Å². The Balaban J connectivity index is 1.65. The SMILES string of the molecule is CC1CN(Cc2ccc(-n3ccnc3)cc2)CC(CO)O1. The fourth-order valence-electron chi connectivity index (χ4n) is 2.81. The van der Waals surface area contributed by atoms with E-state index in [0.717, 1.165) is 25.3 Å². The van der Waals surface area contributed by atoms with Crippen molar-refractivity contribution in [2.75, 3.05) is 19.7 Å². The molecule has 1 saturated heterocycles. The van der Waals surface area contributed by atoms with Crippen LogP contribution in [0.2, 0.25) is 0 Å². The largest absolute Gasteiger partial charge is 0.394 e. The van der Waals surface area contributed by atoms with E-state index in [9.17, 15) is 5.11 Å². The minimum Gasteiger partial charge on any atom is -0.394 e. The lowest BCUT2D eigenvalue weighted by Gasteiger charge is -2.36. The zero-order valence-corrected chi connectivity index (χ0v) is 12.2. The summed E-state index contributed by atoms with van der Waals surface area (Å²) >= 11 is 0. The normalized spacial score (nSPS) is 23.3. The second-order valence-electron chi connectivity index (χ2n) is 5.58. The Bertz CT molecular complexity index is 553. The van der Waals surface area contributed by atoms with Gasteiger partial charge in [0.2, 0.25) is 0 Å². The van der Waals surface area contributed by atoms with Crippen LogP contribution in [0.4, 0.5) is 0 Å². The van der Waals surface area contributed by atoms with Gasteiger partial charge >= 0.3 is 0 Å². The van der Waals surface area contributed by atoms with Gasteiger partial charge in [0, 0.05) is 37.7 Å². The van der Waals surface area contributed by atoms with Crippen LogP contribution in [0.1, 0.15) is 12.5 Å². The summed E-state index contributed by atoms with van der Waals surface area (Å²) in [6, 6.07) is 8.49. The molecule has 112 valence electrons. The highest BCUT2D eigenvalue weighted by molar-refractivity contribution is 5.34. The van der Waals surface area contributed by atoms with Gasteiger partial charge in [0.15, 0.2) is 0 Å². The summed E-state index contributed by atoms with van der Waals surface area (Å²) in [5, 5.41) is 9.27. The first-order chi connectivity index (χ1) is 10.2. The first-order valence-corrected chi connectivity index (χ1v) is 7.30. The number of morpholine rings is 1. The van der Waals surface area contributed by atoms with Crippen LogP contribution in [-0.2, 0) is 11.3 Å². The van der Waals surface area contributed by atoms with Gasteiger partial charge in [-0.15, -0.1) is 0 Å². The van der Waals surface area contributed by atoms with Crippen LogP contribution >= 0.6 is 0 Å². The third kappa shape index (κ3) is 3.50. The van der Waals surface area contributed by atoms with E-state index in [4.69, 9.17) is 4.74 Å². The van der Waals surface area contributed by atoms with Crippen LogP contribution in [0.25, 0.3) is 5.69 Å². The fourth-order valence-corrected chi connectivity index (χ4v) is 2.81. The van der Waals surface area contributed by atoms with E-state index in [-0.39, 0.29) is 18.8 Å². The molecule has 1 aliphatic rings. The van der Waals surface area contributed by atoms with Gasteiger partial charge in [0.25, 0.3) is 0 Å². The summed E-state index contributed by atoms with van der Waals surface area (Å²) in [4.78, 5) is 6.39. The fraction of sp³-hybridized carbons (Fsp3) is 0.438. The van der Waals surface area contributed by atoms with Crippen LogP contribution in [0.3, 0.4) is 0 Å². The molecule has 21 heavy (non-hydrogen) atoms. The topological polar surface area (TPSA) is 50.5 Å². The lowest BCUT2D eigenvalue weighted by Crippen LogP contribution is -2.47. The third-order valence-electron chi connectivity index (χ3n) is 3.75. The quantitative estimate of drug-likeness (QED) is 0.925. The predicted octanol–water partition coefficient (Wildman–Crippen LogP) is 1.45. The number of imidazole rings is 1. The molecule has 1 fully saturated rings. The van der Waals surface area contributed by atoms with Crippen molar-refractivity contribution >= 4 is 0 Å². The average Bonchev–Trinajstić information content (AvgIpc) is 3.01. The number of aromatic nitrogens is 2. The maximum Gasteiger partial charge on any atom is 0.0991 e. The van der Waals surface area contributed by atoms with Crippen molar-refractivity contribution in [1.29, 1.82) is 0 Å². The second kappa shape index (κ2) is 6.39. The molecule has 2 aromatic rings. The van der Waals surface area contributed by atoms with E-state index in [1.165, 1.54) is 5.56 Å². The van der Waals surface area contributed by atoms with Crippen molar-refractivity contribution in [3.8, 4) is 5.69 Å². The molecule has 0 radical (unpaired) electrons. The van der Waals surface area contributed by atoms with Crippen LogP contribution < -0.4 is 0 Å². The molecule has 2 heterocycles. The van der Waals surface area contributed by atoms with Crippen LogP contribution in [0.5, 0.6) is 0 Å². The van der Waals surface area contributed by atoms with Crippen LogP contribution in [0.15, 0.2) is 43.0 Å². The molecule has 5 heteroatoms. The zero-order valence-electron chi connectivity index (χ0n) is 12.2. The molecule has 1 N–H and O–H groups in total. The Kier molecular flexibility index (Phi) is 4.34. The summed E-state index contributed by atoms with van der Waals surface area (Å²) in [6.45, 7) is 4.70. The molecule has 0 aliphatic carbocycles. The van der Waals surface area contributed by atoms with E-state index >= 15 is 0 Å². The zero-order chi connectivity index (χ0) is 14.7. The molecule has 2 unspecified atom stereocenters. The standard InChI is InChI=1S/C16H21N3O2/c1-13-8-18(10-16(11-20)21-13)9-14-2-4-15(5-3-14)19-7-6-17-12-19/h2-7,12-13,16,20H,8-11H2,1H3. The van der Waals surface area contributed by atoms with Crippen molar-refractivity contribution in [1.82, 2.24) is 14.5 Å². The summed E-state index contributed by atoms with van der Waals surface area (Å²) in [7, 11) is 0. The van der Waals surface area contributed by atoms with Crippen molar-refractivity contribution in [2.45, 2.75) is 25.7 Å². The lowest BCUT2D eigenvalue weighted by molar-refractivity contribution is -0.0972. The molecular formula is C16H21N3O2. The Labute approximate surface area is 124 Å². The maximum atomic E-state index is 9.27. The summed E-state index contributed by atoms with van der Waals surface area (Å²) in [6.07, 6.45) is 5.60. The molecule has 0 bridgehead atoms. The molecule has 0 amide bonds. The van der Waals surface area contributed by atoms with E-state index in [1.807, 2.05) is 10.8 Å². The van der Waals surface area contributed by atoms with Crippen molar-refractivity contribution in [2.24, 2.45) is 0 Å². The van der Waals surface area contributed by atoms with Crippen molar-refractivity contribution in [3.05, 3.63) is 48.5 Å². The number of benzene rings is 1. The van der Waals surface area contributed by atoms with Gasteiger partial charge in [0.05, 0.1) is 25.1 Å². The molecular weight excluding hydrogens is 266 g/mol. The number of hydrogen-bond acceptors (Lipinski definition) is 4. The van der Waals surface area contributed by atoms with Crippen molar-refractivity contribution < 1.29 is 9.84 Å². The van der Waals surface area contributed by atoms with Crippen molar-refractivity contribution in [3.63, 3.8) is 0 Å². The van der Waals surface area contributed by atoms with E-state index in [1.54, 1.807) is 12.5 Å². The molecule has 1 aliphatic heterocycles. The Morgan fingerprint density at radius 1 is 1.29 bits per heavy atom. The summed E-state index contributed by atoms with van der Waals surface area (Å²) in [5.74, 6) is 0. The van der Waals surface area contributed by atoms with Gasteiger partial charge in [-0.25, -0.2) is 4.98 Å². The lowest BCUT2D eigenvalue weighted by atomic mass is 10.1.